The summed E-state index contributed by atoms with van der Waals surface area (Å²) in [6.07, 6.45) is 0.481. The van der Waals surface area contributed by atoms with E-state index in [2.05, 4.69) is 39.2 Å². The zero-order valence-electron chi connectivity index (χ0n) is 18.7. The van der Waals surface area contributed by atoms with Crippen molar-refractivity contribution in [1.82, 2.24) is 10.2 Å². The number of nitro groups is 1. The fourth-order valence-corrected chi connectivity index (χ4v) is 5.01. The average molecular weight is 450 g/mol. The number of nitro benzene ring substituents is 1. The lowest BCUT2D eigenvalue weighted by molar-refractivity contribution is -0.384. The lowest BCUT2D eigenvalue weighted by Crippen LogP contribution is -2.59. The number of likely N-dealkylation sites (tertiary alicyclic amines) is 1. The summed E-state index contributed by atoms with van der Waals surface area (Å²) in [5.41, 5.74) is 0.654. The number of ether oxygens (including phenoxy) is 1. The molecular formula is C21H31N3O6Si. The van der Waals surface area contributed by atoms with E-state index in [4.69, 9.17) is 9.16 Å². The van der Waals surface area contributed by atoms with Crippen LogP contribution in [0.5, 0.6) is 0 Å². The van der Waals surface area contributed by atoms with Crippen molar-refractivity contribution >= 4 is 26.0 Å². The average Bonchev–Trinajstić information content (AvgIpc) is 3.05. The van der Waals surface area contributed by atoms with Crippen molar-refractivity contribution < 1.29 is 23.7 Å². The van der Waals surface area contributed by atoms with Crippen LogP contribution in [-0.2, 0) is 20.6 Å². The second-order valence-electron chi connectivity index (χ2n) is 9.81. The molecule has 1 aromatic carbocycles. The zero-order valence-corrected chi connectivity index (χ0v) is 19.7. The molecule has 1 aromatic rings. The second-order valence-corrected chi connectivity index (χ2v) is 14.6. The smallest absolute Gasteiger partial charge is 0.410 e. The van der Waals surface area contributed by atoms with E-state index in [1.165, 1.54) is 12.1 Å². The summed E-state index contributed by atoms with van der Waals surface area (Å²) in [6.45, 7) is 11.3. The van der Waals surface area contributed by atoms with Gasteiger partial charge in [-0.05, 0) is 42.2 Å². The van der Waals surface area contributed by atoms with Crippen LogP contribution < -0.4 is 5.32 Å². The largest absolute Gasteiger partial charge is 0.445 e. The van der Waals surface area contributed by atoms with Crippen LogP contribution in [0.3, 0.4) is 0 Å². The third-order valence-electron chi connectivity index (χ3n) is 6.53. The molecule has 31 heavy (non-hydrogen) atoms. The summed E-state index contributed by atoms with van der Waals surface area (Å²) < 4.78 is 12.0. The van der Waals surface area contributed by atoms with Crippen molar-refractivity contribution in [3.05, 3.63) is 39.9 Å². The third kappa shape index (κ3) is 5.24. The maximum absolute atomic E-state index is 12.9. The molecule has 2 aliphatic rings. The minimum atomic E-state index is -2.01. The Morgan fingerprint density at radius 1 is 1.29 bits per heavy atom. The predicted molar refractivity (Wildman–Crippen MR) is 117 cm³/mol. The van der Waals surface area contributed by atoms with Gasteiger partial charge in [0.25, 0.3) is 5.69 Å². The topological polar surface area (TPSA) is 111 Å². The first-order chi connectivity index (χ1) is 14.4. The Bertz CT molecular complexity index is 844. The molecule has 0 saturated carbocycles. The lowest BCUT2D eigenvalue weighted by atomic mass is 9.95. The summed E-state index contributed by atoms with van der Waals surface area (Å²) in [5, 5.41) is 13.7. The van der Waals surface area contributed by atoms with E-state index in [1.807, 2.05) is 0 Å². The standard InChI is InChI=1S/C21H31N3O6Si/c1-21(2,3)31(4,5)30-16-10-18(17-11-19(25)22-17)23(12-16)20(26)29-13-14-6-8-15(9-7-14)24(27)28/h6-9,16-18H,10-13H2,1-5H3,(H,22,25)/t16-,17-,18+/m1/s1. The molecule has 2 heterocycles. The highest BCUT2D eigenvalue weighted by Gasteiger charge is 2.48. The molecule has 2 amide bonds. The minimum Gasteiger partial charge on any atom is -0.445 e. The lowest BCUT2D eigenvalue weighted by Gasteiger charge is -2.38. The molecular weight excluding hydrogens is 418 g/mol. The molecule has 2 fully saturated rings. The molecule has 10 heteroatoms. The van der Waals surface area contributed by atoms with Gasteiger partial charge in [-0.3, -0.25) is 14.9 Å². The molecule has 0 unspecified atom stereocenters. The third-order valence-corrected chi connectivity index (χ3v) is 11.1. The highest BCUT2D eigenvalue weighted by molar-refractivity contribution is 6.74. The van der Waals surface area contributed by atoms with E-state index < -0.39 is 19.3 Å². The number of nitrogens with one attached hydrogen (secondary N) is 1. The van der Waals surface area contributed by atoms with E-state index in [-0.39, 0.29) is 41.4 Å². The van der Waals surface area contributed by atoms with Crippen LogP contribution in [0.25, 0.3) is 0 Å². The Balaban J connectivity index is 1.65. The number of hydrogen-bond donors (Lipinski definition) is 1. The monoisotopic (exact) mass is 449 g/mol. The van der Waals surface area contributed by atoms with Gasteiger partial charge < -0.3 is 19.4 Å². The van der Waals surface area contributed by atoms with Gasteiger partial charge in [-0.15, -0.1) is 0 Å². The van der Waals surface area contributed by atoms with E-state index >= 15 is 0 Å². The van der Waals surface area contributed by atoms with Gasteiger partial charge in [0.2, 0.25) is 5.91 Å². The maximum atomic E-state index is 12.9. The van der Waals surface area contributed by atoms with Crippen LogP contribution in [0.1, 0.15) is 39.2 Å². The first-order valence-electron chi connectivity index (χ1n) is 10.5. The molecule has 2 aliphatic heterocycles. The Labute approximate surface area is 183 Å². The molecule has 0 spiro atoms. The Morgan fingerprint density at radius 3 is 2.42 bits per heavy atom. The molecule has 3 rings (SSSR count). The van der Waals surface area contributed by atoms with Crippen LogP contribution in [-0.4, -0.2) is 54.9 Å². The minimum absolute atomic E-state index is 0.0129. The normalized spacial score (nSPS) is 23.8. The zero-order chi connectivity index (χ0) is 23.0. The Morgan fingerprint density at radius 2 is 1.90 bits per heavy atom. The first kappa shape index (κ1) is 23.2. The fraction of sp³-hybridized carbons (Fsp3) is 0.619. The van der Waals surface area contributed by atoms with Gasteiger partial charge >= 0.3 is 6.09 Å². The maximum Gasteiger partial charge on any atom is 0.410 e. The number of amides is 2. The highest BCUT2D eigenvalue weighted by Crippen LogP contribution is 2.39. The number of nitrogens with zero attached hydrogens (tertiary/aromatic N) is 2. The molecule has 9 nitrogen and oxygen atoms in total. The summed E-state index contributed by atoms with van der Waals surface area (Å²) in [4.78, 5) is 36.3. The van der Waals surface area contributed by atoms with Gasteiger partial charge in [-0.25, -0.2) is 4.79 Å². The van der Waals surface area contributed by atoms with Gasteiger partial charge in [-0.1, -0.05) is 20.8 Å². The number of carbonyl (C=O) groups excluding carboxylic acids is 2. The van der Waals surface area contributed by atoms with Crippen molar-refractivity contribution in [3.8, 4) is 0 Å². The second kappa shape index (κ2) is 8.58. The molecule has 1 N–H and O–H groups in total. The molecule has 0 bridgehead atoms. The molecule has 0 aliphatic carbocycles. The van der Waals surface area contributed by atoms with Crippen LogP contribution >= 0.6 is 0 Å². The van der Waals surface area contributed by atoms with E-state index in [0.29, 0.717) is 24.9 Å². The molecule has 0 aromatic heterocycles. The number of rotatable bonds is 6. The predicted octanol–water partition coefficient (Wildman–Crippen LogP) is 3.58. The van der Waals surface area contributed by atoms with Crippen LogP contribution in [0.4, 0.5) is 10.5 Å². The van der Waals surface area contributed by atoms with Crippen molar-refractivity contribution in [3.63, 3.8) is 0 Å². The number of carbonyl (C=O) groups is 2. The van der Waals surface area contributed by atoms with Crippen LogP contribution in [0.2, 0.25) is 18.1 Å². The Kier molecular flexibility index (Phi) is 6.42. The number of β-lactam (4-membered cyclic amide) rings is 1. The quantitative estimate of drug-likeness (QED) is 0.307. The summed E-state index contributed by atoms with van der Waals surface area (Å²) in [7, 11) is -2.01. The molecule has 2 saturated heterocycles. The van der Waals surface area contributed by atoms with Crippen molar-refractivity contribution in [2.75, 3.05) is 6.54 Å². The SMILES string of the molecule is CC(C)(C)[Si](C)(C)O[C@@H]1C[C@@H]([C@H]2CC(=O)N2)N(C(=O)OCc2ccc([N+](=O)[O-])cc2)C1. The first-order valence-corrected chi connectivity index (χ1v) is 13.4. The highest BCUT2D eigenvalue weighted by atomic mass is 28.4. The van der Waals surface area contributed by atoms with Gasteiger partial charge in [0.05, 0.1) is 23.1 Å². The number of benzene rings is 1. The van der Waals surface area contributed by atoms with E-state index in [9.17, 15) is 19.7 Å². The van der Waals surface area contributed by atoms with Crippen LogP contribution in [0, 0.1) is 10.1 Å². The summed E-state index contributed by atoms with van der Waals surface area (Å²) >= 11 is 0. The molecule has 0 radical (unpaired) electrons. The molecule has 170 valence electrons. The number of hydrogen-bond acceptors (Lipinski definition) is 6. The van der Waals surface area contributed by atoms with Crippen molar-refractivity contribution in [2.24, 2.45) is 0 Å². The summed E-state index contributed by atoms with van der Waals surface area (Å²) in [5.74, 6) is -0.0158. The fourth-order valence-electron chi connectivity index (χ4n) is 3.66. The summed E-state index contributed by atoms with van der Waals surface area (Å²) in [6, 6.07) is 5.65. The Hall–Kier alpha value is -2.46. The van der Waals surface area contributed by atoms with Crippen molar-refractivity contribution in [1.29, 1.82) is 0 Å². The van der Waals surface area contributed by atoms with Gasteiger partial charge in [0, 0.05) is 25.1 Å². The van der Waals surface area contributed by atoms with Crippen molar-refractivity contribution in [2.45, 2.75) is 76.5 Å². The molecule has 3 atom stereocenters. The van der Waals surface area contributed by atoms with E-state index in [1.54, 1.807) is 17.0 Å². The van der Waals surface area contributed by atoms with E-state index in [0.717, 1.165) is 0 Å². The number of non-ortho nitro benzene ring substituents is 1. The van der Waals surface area contributed by atoms with Gasteiger partial charge in [0.1, 0.15) is 6.61 Å². The van der Waals surface area contributed by atoms with Gasteiger partial charge in [0.15, 0.2) is 8.32 Å². The van der Waals surface area contributed by atoms with Crippen LogP contribution in [0.15, 0.2) is 24.3 Å². The van der Waals surface area contributed by atoms with Gasteiger partial charge in [-0.2, -0.15) is 0 Å².